The maximum absolute atomic E-state index is 12.8. The molecule has 0 spiro atoms. The monoisotopic (exact) mass is 413 g/mol. The highest BCUT2D eigenvalue weighted by molar-refractivity contribution is 7.91. The van der Waals surface area contributed by atoms with E-state index in [1.807, 2.05) is 13.8 Å². The third-order valence-electron chi connectivity index (χ3n) is 4.91. The number of amides is 1. The molecule has 0 N–H and O–H groups in total. The minimum absolute atomic E-state index is 0.0582. The SMILES string of the molecule is CC[C@@H](C)N(C(=O)COC(=O)c1c(OC)cccc1OC)[C@@H]1CCS(=O)(=O)C1. The van der Waals surface area contributed by atoms with Gasteiger partial charge in [0.15, 0.2) is 16.4 Å². The van der Waals surface area contributed by atoms with E-state index in [1.165, 1.54) is 19.1 Å². The van der Waals surface area contributed by atoms with Crippen molar-refractivity contribution in [2.75, 3.05) is 32.3 Å². The Morgan fingerprint density at radius 2 is 1.82 bits per heavy atom. The molecule has 156 valence electrons. The van der Waals surface area contributed by atoms with Crippen molar-refractivity contribution in [3.63, 3.8) is 0 Å². The smallest absolute Gasteiger partial charge is 0.346 e. The molecular formula is C19H27NO7S. The van der Waals surface area contributed by atoms with Gasteiger partial charge in [-0.3, -0.25) is 4.79 Å². The van der Waals surface area contributed by atoms with E-state index in [0.29, 0.717) is 12.8 Å². The highest BCUT2D eigenvalue weighted by atomic mass is 32.2. The standard InChI is InChI=1S/C19H27NO7S/c1-5-13(2)20(14-9-10-28(23,24)12-14)17(21)11-27-19(22)18-15(25-3)7-6-8-16(18)26-4/h6-8,13-14H,5,9-12H2,1-4H3/t13-,14-/m1/s1. The van der Waals surface area contributed by atoms with Gasteiger partial charge >= 0.3 is 5.97 Å². The Balaban J connectivity index is 2.14. The second kappa shape index (κ2) is 9.27. The van der Waals surface area contributed by atoms with E-state index in [9.17, 15) is 18.0 Å². The van der Waals surface area contributed by atoms with Crippen molar-refractivity contribution in [1.29, 1.82) is 0 Å². The summed E-state index contributed by atoms with van der Waals surface area (Å²) in [6.07, 6.45) is 1.06. The zero-order chi connectivity index (χ0) is 20.9. The zero-order valence-electron chi connectivity index (χ0n) is 16.6. The van der Waals surface area contributed by atoms with Crippen LogP contribution in [0.5, 0.6) is 11.5 Å². The van der Waals surface area contributed by atoms with Crippen LogP contribution in [0.25, 0.3) is 0 Å². The molecule has 1 aromatic rings. The highest BCUT2D eigenvalue weighted by Crippen LogP contribution is 2.29. The van der Waals surface area contributed by atoms with E-state index >= 15 is 0 Å². The maximum Gasteiger partial charge on any atom is 0.346 e. The first-order chi connectivity index (χ1) is 13.2. The van der Waals surface area contributed by atoms with Gasteiger partial charge in [-0.05, 0) is 31.9 Å². The Hall–Kier alpha value is -2.29. The van der Waals surface area contributed by atoms with E-state index in [-0.39, 0.29) is 34.6 Å². The molecule has 1 aromatic carbocycles. The number of ether oxygens (including phenoxy) is 3. The summed E-state index contributed by atoms with van der Waals surface area (Å²) in [6, 6.07) is 4.30. The summed E-state index contributed by atoms with van der Waals surface area (Å²) >= 11 is 0. The van der Waals surface area contributed by atoms with Gasteiger partial charge in [-0.15, -0.1) is 0 Å². The molecule has 1 fully saturated rings. The predicted molar refractivity (Wildman–Crippen MR) is 103 cm³/mol. The molecule has 1 saturated heterocycles. The van der Waals surface area contributed by atoms with Crippen LogP contribution in [0.2, 0.25) is 0 Å². The Morgan fingerprint density at radius 1 is 1.21 bits per heavy atom. The minimum atomic E-state index is -3.14. The highest BCUT2D eigenvalue weighted by Gasteiger charge is 2.37. The fourth-order valence-corrected chi connectivity index (χ4v) is 5.04. The molecule has 1 amide bonds. The van der Waals surface area contributed by atoms with Crippen molar-refractivity contribution in [3.8, 4) is 11.5 Å². The fourth-order valence-electron chi connectivity index (χ4n) is 3.33. The van der Waals surface area contributed by atoms with E-state index in [0.717, 1.165) is 0 Å². The summed E-state index contributed by atoms with van der Waals surface area (Å²) in [5.74, 6) is -0.604. The number of nitrogens with zero attached hydrogens (tertiary/aromatic N) is 1. The molecule has 9 heteroatoms. The lowest BCUT2D eigenvalue weighted by molar-refractivity contribution is -0.138. The normalized spacial score (nSPS) is 18.9. The quantitative estimate of drug-likeness (QED) is 0.598. The van der Waals surface area contributed by atoms with Gasteiger partial charge in [-0.2, -0.15) is 0 Å². The lowest BCUT2D eigenvalue weighted by Gasteiger charge is -2.33. The summed E-state index contributed by atoms with van der Waals surface area (Å²) in [6.45, 7) is 3.29. The molecule has 0 saturated carbocycles. The predicted octanol–water partition coefficient (Wildman–Crippen LogP) is 1.67. The third-order valence-corrected chi connectivity index (χ3v) is 6.66. The van der Waals surface area contributed by atoms with Gasteiger partial charge in [-0.1, -0.05) is 13.0 Å². The van der Waals surface area contributed by atoms with Gasteiger partial charge in [-0.25, -0.2) is 13.2 Å². The summed E-state index contributed by atoms with van der Waals surface area (Å²) in [5.41, 5.74) is 0.0961. The van der Waals surface area contributed by atoms with E-state index < -0.39 is 34.4 Å². The van der Waals surface area contributed by atoms with Crippen molar-refractivity contribution in [3.05, 3.63) is 23.8 Å². The van der Waals surface area contributed by atoms with Crippen molar-refractivity contribution in [2.24, 2.45) is 0 Å². The summed E-state index contributed by atoms with van der Waals surface area (Å²) in [7, 11) is -0.306. The van der Waals surface area contributed by atoms with Crippen molar-refractivity contribution >= 4 is 21.7 Å². The van der Waals surface area contributed by atoms with Crippen molar-refractivity contribution in [2.45, 2.75) is 38.8 Å². The van der Waals surface area contributed by atoms with Gasteiger partial charge in [0.05, 0.1) is 25.7 Å². The van der Waals surface area contributed by atoms with Crippen LogP contribution in [-0.2, 0) is 19.4 Å². The Morgan fingerprint density at radius 3 is 2.29 bits per heavy atom. The Kier molecular flexibility index (Phi) is 7.29. The molecular weight excluding hydrogens is 386 g/mol. The first-order valence-corrected chi connectivity index (χ1v) is 11.0. The lowest BCUT2D eigenvalue weighted by Crippen LogP contribution is -2.48. The minimum Gasteiger partial charge on any atom is -0.496 e. The van der Waals surface area contributed by atoms with Crippen LogP contribution >= 0.6 is 0 Å². The first-order valence-electron chi connectivity index (χ1n) is 9.13. The van der Waals surface area contributed by atoms with Crippen LogP contribution in [0.15, 0.2) is 18.2 Å². The van der Waals surface area contributed by atoms with Crippen LogP contribution in [0.1, 0.15) is 37.0 Å². The summed E-state index contributed by atoms with van der Waals surface area (Å²) in [5, 5.41) is 0. The number of esters is 1. The molecule has 1 aliphatic heterocycles. The first kappa shape index (κ1) is 22.0. The van der Waals surface area contributed by atoms with Gasteiger partial charge in [0.25, 0.3) is 5.91 Å². The molecule has 0 aliphatic carbocycles. The molecule has 8 nitrogen and oxygen atoms in total. The van der Waals surface area contributed by atoms with E-state index in [1.54, 1.807) is 18.2 Å². The van der Waals surface area contributed by atoms with E-state index in [4.69, 9.17) is 14.2 Å². The molecule has 2 atom stereocenters. The number of hydrogen-bond donors (Lipinski definition) is 0. The number of carbonyl (C=O) groups excluding carboxylic acids is 2. The number of rotatable bonds is 8. The van der Waals surface area contributed by atoms with Crippen LogP contribution < -0.4 is 9.47 Å². The van der Waals surface area contributed by atoms with Crippen molar-refractivity contribution < 1.29 is 32.2 Å². The average Bonchev–Trinajstić information content (AvgIpc) is 3.04. The summed E-state index contributed by atoms with van der Waals surface area (Å²) in [4.78, 5) is 26.9. The number of sulfone groups is 1. The molecule has 1 aliphatic rings. The second-order valence-corrected chi connectivity index (χ2v) is 8.96. The van der Waals surface area contributed by atoms with Gasteiger partial charge in [0, 0.05) is 12.1 Å². The maximum atomic E-state index is 12.8. The van der Waals surface area contributed by atoms with Gasteiger partial charge < -0.3 is 19.1 Å². The van der Waals surface area contributed by atoms with Crippen LogP contribution in [0.3, 0.4) is 0 Å². The molecule has 1 heterocycles. The topological polar surface area (TPSA) is 99.2 Å². The number of hydrogen-bond acceptors (Lipinski definition) is 7. The molecule has 2 rings (SSSR count). The van der Waals surface area contributed by atoms with Crippen LogP contribution in [-0.4, -0.2) is 69.6 Å². The second-order valence-electron chi connectivity index (χ2n) is 6.73. The van der Waals surface area contributed by atoms with Crippen LogP contribution in [0, 0.1) is 0 Å². The molecule has 0 unspecified atom stereocenters. The fraction of sp³-hybridized carbons (Fsp3) is 0.579. The lowest BCUT2D eigenvalue weighted by atomic mass is 10.1. The summed E-state index contributed by atoms with van der Waals surface area (Å²) < 4.78 is 39.2. The number of methoxy groups -OCH3 is 2. The zero-order valence-corrected chi connectivity index (χ0v) is 17.5. The Labute approximate surface area is 165 Å². The van der Waals surface area contributed by atoms with Crippen molar-refractivity contribution in [1.82, 2.24) is 4.90 Å². The van der Waals surface area contributed by atoms with Crippen LogP contribution in [0.4, 0.5) is 0 Å². The average molecular weight is 413 g/mol. The van der Waals surface area contributed by atoms with Gasteiger partial charge in [0.1, 0.15) is 17.1 Å². The Bertz CT molecular complexity index is 799. The molecule has 0 radical (unpaired) electrons. The van der Waals surface area contributed by atoms with Gasteiger partial charge in [0.2, 0.25) is 0 Å². The largest absolute Gasteiger partial charge is 0.496 e. The molecule has 0 bridgehead atoms. The molecule has 28 heavy (non-hydrogen) atoms. The van der Waals surface area contributed by atoms with E-state index in [2.05, 4.69) is 0 Å². The number of benzene rings is 1. The number of carbonyl (C=O) groups is 2. The molecule has 0 aromatic heterocycles. The third kappa shape index (κ3) is 4.95.